The molecule has 11 heteroatoms. The molecule has 4 bridgehead atoms. The summed E-state index contributed by atoms with van der Waals surface area (Å²) in [5, 5.41) is 29.2. The number of rotatable bonds is 6. The van der Waals surface area contributed by atoms with Crippen LogP contribution in [-0.2, 0) is 0 Å². The highest BCUT2D eigenvalue weighted by Gasteiger charge is 2.54. The van der Waals surface area contributed by atoms with Gasteiger partial charge in [0.2, 0.25) is 5.82 Å². The minimum atomic E-state index is -0.494. The van der Waals surface area contributed by atoms with E-state index in [0.717, 1.165) is 48.8 Å². The van der Waals surface area contributed by atoms with E-state index in [9.17, 15) is 9.90 Å². The minimum absolute atomic E-state index is 0.0254. The molecule has 1 aliphatic heterocycles. The number of aromatic nitrogens is 4. The average molecular weight is 508 g/mol. The van der Waals surface area contributed by atoms with Crippen molar-refractivity contribution >= 4 is 22.6 Å². The third-order valence-electron chi connectivity index (χ3n) is 9.06. The van der Waals surface area contributed by atoms with Gasteiger partial charge in [-0.2, -0.15) is 4.98 Å². The predicted octanol–water partition coefficient (Wildman–Crippen LogP) is 1.71. The summed E-state index contributed by atoms with van der Waals surface area (Å²) in [5.41, 5.74) is 1.88. The van der Waals surface area contributed by atoms with Crippen LogP contribution in [0.15, 0.2) is 23.0 Å². The Morgan fingerprint density at radius 2 is 1.97 bits per heavy atom. The van der Waals surface area contributed by atoms with Crippen LogP contribution in [0.25, 0.3) is 22.4 Å². The summed E-state index contributed by atoms with van der Waals surface area (Å²) in [5.74, 6) is 1.52. The molecule has 3 aromatic heterocycles. The molecule has 4 N–H and O–H groups in total. The molecule has 0 spiro atoms. The molecule has 4 heterocycles. The van der Waals surface area contributed by atoms with Crippen LogP contribution in [0, 0.1) is 17.8 Å². The lowest BCUT2D eigenvalue weighted by atomic mass is 9.52. The number of fused-ring (bicyclic) bond motifs is 1. The van der Waals surface area contributed by atoms with E-state index in [-0.39, 0.29) is 24.4 Å². The number of amides is 1. The lowest BCUT2D eigenvalue weighted by Gasteiger charge is -2.58. The van der Waals surface area contributed by atoms with Gasteiger partial charge in [-0.1, -0.05) is 5.16 Å². The van der Waals surface area contributed by atoms with Gasteiger partial charge in [0.15, 0.2) is 0 Å². The first-order valence-electron chi connectivity index (χ1n) is 13.4. The maximum absolute atomic E-state index is 13.1. The Balaban J connectivity index is 1.16. The van der Waals surface area contributed by atoms with E-state index in [2.05, 4.69) is 30.3 Å². The van der Waals surface area contributed by atoms with Gasteiger partial charge in [0.05, 0.1) is 23.5 Å². The predicted molar refractivity (Wildman–Crippen MR) is 135 cm³/mol. The first-order valence-corrected chi connectivity index (χ1v) is 13.4. The summed E-state index contributed by atoms with van der Waals surface area (Å²) >= 11 is 0. The van der Waals surface area contributed by atoms with E-state index in [1.54, 1.807) is 11.1 Å². The van der Waals surface area contributed by atoms with Gasteiger partial charge in [0.1, 0.15) is 5.65 Å². The molecule has 4 aliphatic carbocycles. The van der Waals surface area contributed by atoms with Crippen molar-refractivity contribution < 1.29 is 19.5 Å². The lowest BCUT2D eigenvalue weighted by molar-refractivity contribution is -0.129. The van der Waals surface area contributed by atoms with Crippen LogP contribution >= 0.6 is 0 Å². The van der Waals surface area contributed by atoms with E-state index in [0.29, 0.717) is 61.9 Å². The first kappa shape index (κ1) is 23.1. The Morgan fingerprint density at radius 1 is 1.19 bits per heavy atom. The van der Waals surface area contributed by atoms with E-state index < -0.39 is 5.60 Å². The fourth-order valence-electron chi connectivity index (χ4n) is 7.59. The molecule has 3 aromatic rings. The SMILES string of the molecule is O=C(c1nc(-c2cnc3[nH]ccc3c2N[C@H]2[C@@H]3CC4C[C@H]2C[C@@](O)(C4)C3)no1)N1CCN(CCO)CC1. The molecule has 5 atom stereocenters. The molecule has 1 saturated heterocycles. The smallest absolute Gasteiger partial charge is 0.316 e. The van der Waals surface area contributed by atoms with E-state index >= 15 is 0 Å². The van der Waals surface area contributed by atoms with Crippen molar-refractivity contribution in [2.45, 2.75) is 43.7 Å². The van der Waals surface area contributed by atoms with Gasteiger partial charge in [-0.15, -0.1) is 0 Å². The van der Waals surface area contributed by atoms with Crippen molar-refractivity contribution in [1.29, 1.82) is 0 Å². The monoisotopic (exact) mass is 507 g/mol. The van der Waals surface area contributed by atoms with Crippen LogP contribution in [0.4, 0.5) is 5.69 Å². The van der Waals surface area contributed by atoms with E-state index in [1.807, 2.05) is 12.3 Å². The summed E-state index contributed by atoms with van der Waals surface area (Å²) < 4.78 is 5.45. The van der Waals surface area contributed by atoms with Crippen LogP contribution in [0.5, 0.6) is 0 Å². The van der Waals surface area contributed by atoms with Gasteiger partial charge < -0.3 is 29.9 Å². The topological polar surface area (TPSA) is 144 Å². The van der Waals surface area contributed by atoms with E-state index in [1.165, 1.54) is 0 Å². The Labute approximate surface area is 214 Å². The number of aliphatic hydroxyl groups is 2. The fourth-order valence-corrected chi connectivity index (χ4v) is 7.59. The molecule has 196 valence electrons. The molecule has 1 unspecified atom stereocenters. The third kappa shape index (κ3) is 4.00. The largest absolute Gasteiger partial charge is 0.395 e. The minimum Gasteiger partial charge on any atom is -0.395 e. The molecule has 5 fully saturated rings. The van der Waals surface area contributed by atoms with E-state index in [4.69, 9.17) is 9.63 Å². The van der Waals surface area contributed by atoms with Gasteiger partial charge in [0, 0.05) is 56.5 Å². The van der Waals surface area contributed by atoms with Crippen molar-refractivity contribution in [1.82, 2.24) is 29.9 Å². The molecule has 5 aliphatic rings. The number of β-amino-alcohol motifs (C(OH)–C–C–N with tert-alkyl or cyclic N) is 1. The van der Waals surface area contributed by atoms with Crippen LogP contribution in [0.1, 0.15) is 42.8 Å². The van der Waals surface area contributed by atoms with Gasteiger partial charge in [0.25, 0.3) is 0 Å². The maximum Gasteiger partial charge on any atom is 0.316 e. The van der Waals surface area contributed by atoms with Gasteiger partial charge in [-0.25, -0.2) is 4.98 Å². The summed E-state index contributed by atoms with van der Waals surface area (Å²) in [4.78, 5) is 29.2. The number of hydrogen-bond donors (Lipinski definition) is 4. The lowest BCUT2D eigenvalue weighted by Crippen LogP contribution is -2.59. The number of hydrogen-bond acceptors (Lipinski definition) is 9. The second kappa shape index (κ2) is 8.78. The first-order chi connectivity index (χ1) is 18.0. The molecule has 8 rings (SSSR count). The number of pyridine rings is 1. The molecule has 4 saturated carbocycles. The number of nitrogens with one attached hydrogen (secondary N) is 2. The zero-order valence-corrected chi connectivity index (χ0v) is 20.8. The van der Waals surface area contributed by atoms with Gasteiger partial charge >= 0.3 is 11.8 Å². The molecular formula is C26H33N7O4. The molecule has 0 radical (unpaired) electrons. The van der Waals surface area contributed by atoms with Crippen molar-refractivity contribution in [2.24, 2.45) is 17.8 Å². The Bertz CT molecular complexity index is 1300. The standard InChI is InChI=1S/C26H33N7O4/c34-8-7-32-3-5-33(6-4-32)25(35)24-30-23(31-37-24)19-14-28-22-18(1-2-27-22)21(19)29-20-16-9-15-10-17(20)13-26(36,11-15)12-16/h1-2,14-17,20,34,36H,3-13H2,(H2,27,28,29)/t15?,16-,17+,20+,26-. The molecular weight excluding hydrogens is 474 g/mol. The number of piperazine rings is 1. The quantitative estimate of drug-likeness (QED) is 0.392. The highest BCUT2D eigenvalue weighted by Crippen LogP contribution is 2.56. The third-order valence-corrected chi connectivity index (χ3v) is 9.06. The zero-order valence-electron chi connectivity index (χ0n) is 20.8. The van der Waals surface area contributed by atoms with Crippen LogP contribution < -0.4 is 5.32 Å². The van der Waals surface area contributed by atoms with Crippen molar-refractivity contribution in [2.75, 3.05) is 44.6 Å². The zero-order chi connectivity index (χ0) is 25.1. The van der Waals surface area contributed by atoms with Gasteiger partial charge in [-0.05, 0) is 55.9 Å². The Morgan fingerprint density at radius 3 is 2.70 bits per heavy atom. The molecule has 0 aromatic carbocycles. The Kier molecular flexibility index (Phi) is 5.49. The van der Waals surface area contributed by atoms with Crippen LogP contribution in [0.2, 0.25) is 0 Å². The number of H-pyrrole nitrogens is 1. The Hall–Kier alpha value is -3.02. The maximum atomic E-state index is 13.1. The van der Waals surface area contributed by atoms with Crippen molar-refractivity contribution in [3.8, 4) is 11.4 Å². The summed E-state index contributed by atoms with van der Waals surface area (Å²) in [6, 6.07) is 2.26. The summed E-state index contributed by atoms with van der Waals surface area (Å²) in [6.07, 6.45) is 8.55. The fraction of sp³-hybridized carbons (Fsp3) is 0.615. The van der Waals surface area contributed by atoms with Crippen molar-refractivity contribution in [3.05, 3.63) is 24.4 Å². The number of aliphatic hydroxyl groups excluding tert-OH is 1. The second-order valence-electron chi connectivity index (χ2n) is 11.4. The molecule has 37 heavy (non-hydrogen) atoms. The number of anilines is 1. The second-order valence-corrected chi connectivity index (χ2v) is 11.4. The van der Waals surface area contributed by atoms with Gasteiger partial charge in [-0.3, -0.25) is 9.69 Å². The number of aromatic amines is 1. The summed E-state index contributed by atoms with van der Waals surface area (Å²) in [7, 11) is 0. The van der Waals surface area contributed by atoms with Crippen LogP contribution in [0.3, 0.4) is 0 Å². The highest BCUT2D eigenvalue weighted by atomic mass is 16.5. The molecule has 11 nitrogen and oxygen atoms in total. The number of carbonyl (C=O) groups excluding carboxylic acids is 1. The number of carbonyl (C=O) groups is 1. The molecule has 1 amide bonds. The normalized spacial score (nSPS) is 31.4. The highest BCUT2D eigenvalue weighted by molar-refractivity contribution is 5.97. The van der Waals surface area contributed by atoms with Crippen LogP contribution in [-0.4, -0.2) is 97.0 Å². The summed E-state index contributed by atoms with van der Waals surface area (Å²) in [6.45, 7) is 3.24. The number of nitrogens with zero attached hydrogens (tertiary/aromatic N) is 5. The van der Waals surface area contributed by atoms with Crippen molar-refractivity contribution in [3.63, 3.8) is 0 Å². The average Bonchev–Trinajstić information content (AvgIpc) is 3.56.